The zero-order chi connectivity index (χ0) is 15.3. The van der Waals surface area contributed by atoms with Gasteiger partial charge in [-0.05, 0) is 19.1 Å². The van der Waals surface area contributed by atoms with E-state index in [1.54, 1.807) is 12.1 Å². The minimum atomic E-state index is -1.08. The minimum Gasteiger partial charge on any atom is -0.496 e. The van der Waals surface area contributed by atoms with Gasteiger partial charge in [0.1, 0.15) is 11.5 Å². The molecule has 5 nitrogen and oxygen atoms in total. The summed E-state index contributed by atoms with van der Waals surface area (Å²) in [7, 11) is 2.92. The molecule has 20 heavy (non-hydrogen) atoms. The van der Waals surface area contributed by atoms with Gasteiger partial charge >= 0.3 is 5.97 Å². The second kappa shape index (κ2) is 6.96. The number of benzene rings is 1. The average Bonchev–Trinajstić information content (AvgIpc) is 2.38. The van der Waals surface area contributed by atoms with Crippen LogP contribution in [-0.2, 0) is 9.59 Å². The van der Waals surface area contributed by atoms with E-state index in [0.29, 0.717) is 22.1 Å². The van der Waals surface area contributed by atoms with Crippen LogP contribution in [0.4, 0.5) is 0 Å². The summed E-state index contributed by atoms with van der Waals surface area (Å²) in [5.41, 5.74) is 0.695. The molecule has 0 unspecified atom stereocenters. The fraction of sp³-hybridized carbons (Fsp3) is 0.286. The molecule has 0 aromatic heterocycles. The molecule has 6 heteroatoms. The lowest BCUT2D eigenvalue weighted by molar-refractivity contribution is -0.136. The van der Waals surface area contributed by atoms with Crippen LogP contribution in [0.1, 0.15) is 18.9 Å². The van der Waals surface area contributed by atoms with Crippen LogP contribution in [0.15, 0.2) is 17.7 Å². The van der Waals surface area contributed by atoms with E-state index < -0.39 is 5.97 Å². The van der Waals surface area contributed by atoms with Crippen LogP contribution < -0.4 is 9.47 Å². The Morgan fingerprint density at radius 1 is 1.25 bits per heavy atom. The highest BCUT2D eigenvalue weighted by Crippen LogP contribution is 2.33. The summed E-state index contributed by atoms with van der Waals surface area (Å²) in [6, 6.07) is 3.14. The van der Waals surface area contributed by atoms with E-state index >= 15 is 0 Å². The molecule has 0 saturated heterocycles. The van der Waals surface area contributed by atoms with Gasteiger partial charge in [0.05, 0.1) is 25.7 Å². The monoisotopic (exact) mass is 298 g/mol. The number of Topliss-reactive ketones (excluding diaryl/α,β-unsaturated/α-hetero) is 1. The molecule has 0 saturated carbocycles. The molecule has 1 N–H and O–H groups in total. The van der Waals surface area contributed by atoms with E-state index in [9.17, 15) is 9.59 Å². The third-order valence-electron chi connectivity index (χ3n) is 2.63. The van der Waals surface area contributed by atoms with Crippen molar-refractivity contribution in [2.45, 2.75) is 13.3 Å². The molecule has 0 aliphatic carbocycles. The molecule has 0 fully saturated rings. The molecule has 0 amide bonds. The molecule has 1 aromatic carbocycles. The fourth-order valence-electron chi connectivity index (χ4n) is 1.62. The molecule has 1 aromatic rings. The van der Waals surface area contributed by atoms with Crippen LogP contribution in [0, 0.1) is 0 Å². The van der Waals surface area contributed by atoms with Gasteiger partial charge in [0.2, 0.25) is 0 Å². The second-order valence-electron chi connectivity index (χ2n) is 4.02. The Morgan fingerprint density at radius 3 is 2.30 bits per heavy atom. The first kappa shape index (κ1) is 16.0. The van der Waals surface area contributed by atoms with Crippen LogP contribution in [0.3, 0.4) is 0 Å². The summed E-state index contributed by atoms with van der Waals surface area (Å²) < 4.78 is 10.3. The topological polar surface area (TPSA) is 72.8 Å². The predicted molar refractivity (Wildman–Crippen MR) is 75.5 cm³/mol. The lowest BCUT2D eigenvalue weighted by atomic mass is 10.0. The van der Waals surface area contributed by atoms with Gasteiger partial charge in [0, 0.05) is 17.2 Å². The maximum atomic E-state index is 11.5. The van der Waals surface area contributed by atoms with Gasteiger partial charge < -0.3 is 14.6 Å². The number of carboxylic acids is 1. The largest absolute Gasteiger partial charge is 0.496 e. The molecule has 0 heterocycles. The van der Waals surface area contributed by atoms with Gasteiger partial charge in [0.25, 0.3) is 0 Å². The summed E-state index contributed by atoms with van der Waals surface area (Å²) in [6.45, 7) is 1.31. The van der Waals surface area contributed by atoms with E-state index in [4.69, 9.17) is 26.2 Å². The first-order chi connectivity index (χ1) is 9.38. The number of aliphatic carboxylic acids is 1. The van der Waals surface area contributed by atoms with Crippen molar-refractivity contribution in [1.82, 2.24) is 0 Å². The zero-order valence-electron chi connectivity index (χ0n) is 11.4. The molecule has 108 valence electrons. The van der Waals surface area contributed by atoms with Gasteiger partial charge in [0.15, 0.2) is 5.78 Å². The Morgan fingerprint density at radius 2 is 1.85 bits per heavy atom. The number of methoxy groups -OCH3 is 2. The summed E-state index contributed by atoms with van der Waals surface area (Å²) in [5, 5.41) is 9.18. The third-order valence-corrected chi connectivity index (χ3v) is 2.92. The standard InChI is InChI=1S/C14H15ClO5/c1-8(16)9(6-14(17)18)4-10-5-13(20-3)11(15)7-12(10)19-2/h4-5,7H,6H2,1-3H3,(H,17,18)/b9-4+. The fourth-order valence-corrected chi connectivity index (χ4v) is 1.86. The number of carboxylic acid groups (broad SMARTS) is 1. The van der Waals surface area contributed by atoms with E-state index in [2.05, 4.69) is 0 Å². The van der Waals surface area contributed by atoms with Crippen molar-refractivity contribution in [2.75, 3.05) is 14.2 Å². The van der Waals surface area contributed by atoms with Crippen LogP contribution in [0.2, 0.25) is 5.02 Å². The first-order valence-corrected chi connectivity index (χ1v) is 6.11. The molecule has 0 bridgehead atoms. The van der Waals surface area contributed by atoms with Crippen molar-refractivity contribution in [1.29, 1.82) is 0 Å². The molecule has 0 spiro atoms. The molecule has 0 atom stereocenters. The number of hydrogen-bond donors (Lipinski definition) is 1. The van der Waals surface area contributed by atoms with E-state index in [1.165, 1.54) is 27.2 Å². The van der Waals surface area contributed by atoms with Crippen molar-refractivity contribution in [3.05, 3.63) is 28.3 Å². The van der Waals surface area contributed by atoms with E-state index in [0.717, 1.165) is 0 Å². The van der Waals surface area contributed by atoms with Gasteiger partial charge in [-0.2, -0.15) is 0 Å². The van der Waals surface area contributed by atoms with E-state index in [-0.39, 0.29) is 17.8 Å². The Kier molecular flexibility index (Phi) is 5.58. The average molecular weight is 299 g/mol. The number of carbonyl (C=O) groups is 2. The van der Waals surface area contributed by atoms with Crippen molar-refractivity contribution in [3.63, 3.8) is 0 Å². The highest BCUT2D eigenvalue weighted by molar-refractivity contribution is 6.32. The Bertz CT molecular complexity index is 563. The first-order valence-electron chi connectivity index (χ1n) is 5.73. The maximum absolute atomic E-state index is 11.5. The molecule has 0 radical (unpaired) electrons. The number of ether oxygens (including phenoxy) is 2. The predicted octanol–water partition coefficient (Wildman–Crippen LogP) is 2.80. The molecule has 1 rings (SSSR count). The lowest BCUT2D eigenvalue weighted by Crippen LogP contribution is -2.04. The minimum absolute atomic E-state index is 0.167. The molecule has 0 aliphatic heterocycles. The van der Waals surface area contributed by atoms with Crippen LogP contribution >= 0.6 is 11.6 Å². The maximum Gasteiger partial charge on any atom is 0.307 e. The normalized spacial score (nSPS) is 11.1. The quantitative estimate of drug-likeness (QED) is 0.818. The summed E-state index contributed by atoms with van der Waals surface area (Å²) >= 11 is 5.98. The SMILES string of the molecule is COc1cc(/C=C(\CC(=O)O)C(C)=O)c(OC)cc1Cl. The van der Waals surface area contributed by atoms with Crippen molar-refractivity contribution >= 4 is 29.4 Å². The zero-order valence-corrected chi connectivity index (χ0v) is 12.2. The Labute approximate surface area is 121 Å². The third kappa shape index (κ3) is 3.99. The Balaban J connectivity index is 3.35. The van der Waals surface area contributed by atoms with Crippen LogP contribution in [0.25, 0.3) is 6.08 Å². The number of halogens is 1. The van der Waals surface area contributed by atoms with E-state index in [1.807, 2.05) is 0 Å². The number of ketones is 1. The van der Waals surface area contributed by atoms with Crippen molar-refractivity contribution < 1.29 is 24.2 Å². The number of rotatable bonds is 6. The van der Waals surface area contributed by atoms with Gasteiger partial charge in [-0.1, -0.05) is 11.6 Å². The highest BCUT2D eigenvalue weighted by Gasteiger charge is 2.13. The number of hydrogen-bond acceptors (Lipinski definition) is 4. The van der Waals surface area contributed by atoms with Crippen LogP contribution in [0.5, 0.6) is 11.5 Å². The molecular formula is C14H15ClO5. The summed E-state index contributed by atoms with van der Waals surface area (Å²) in [4.78, 5) is 22.2. The van der Waals surface area contributed by atoms with Gasteiger partial charge in [-0.15, -0.1) is 0 Å². The Hall–Kier alpha value is -2.01. The summed E-state index contributed by atoms with van der Waals surface area (Å²) in [5.74, 6) is -0.549. The summed E-state index contributed by atoms with van der Waals surface area (Å²) in [6.07, 6.45) is 1.11. The molecular weight excluding hydrogens is 284 g/mol. The lowest BCUT2D eigenvalue weighted by Gasteiger charge is -2.10. The van der Waals surface area contributed by atoms with Gasteiger partial charge in [-0.3, -0.25) is 9.59 Å². The van der Waals surface area contributed by atoms with Crippen molar-refractivity contribution in [2.24, 2.45) is 0 Å². The number of carbonyl (C=O) groups excluding carboxylic acids is 1. The van der Waals surface area contributed by atoms with Crippen LogP contribution in [-0.4, -0.2) is 31.1 Å². The molecule has 0 aliphatic rings. The van der Waals surface area contributed by atoms with Crippen molar-refractivity contribution in [3.8, 4) is 11.5 Å². The smallest absolute Gasteiger partial charge is 0.307 e. The highest BCUT2D eigenvalue weighted by atomic mass is 35.5. The second-order valence-corrected chi connectivity index (χ2v) is 4.43. The van der Waals surface area contributed by atoms with Gasteiger partial charge in [-0.25, -0.2) is 0 Å².